The van der Waals surface area contributed by atoms with E-state index in [1.165, 1.54) is 23.9 Å². The maximum Gasteiger partial charge on any atom is 0.238 e. The van der Waals surface area contributed by atoms with Crippen molar-refractivity contribution in [3.8, 4) is 5.69 Å². The number of hydrogen-bond donors (Lipinski definition) is 1. The number of rotatable bonds is 6. The van der Waals surface area contributed by atoms with Crippen molar-refractivity contribution in [2.24, 2.45) is 5.14 Å². The molecule has 0 radical (unpaired) electrons. The molecule has 0 aliphatic carbocycles. The molecule has 7 heteroatoms. The SMILES string of the molecule is Cc1cc(C(=O)CSc2ccccc2)c(C)n1-c1ccc(S(N)(=O)=O)cc1. The Bertz CT molecular complexity index is 1070. The van der Waals surface area contributed by atoms with Crippen LogP contribution >= 0.6 is 11.8 Å². The van der Waals surface area contributed by atoms with Gasteiger partial charge in [0.25, 0.3) is 0 Å². The Hall–Kier alpha value is -2.35. The van der Waals surface area contributed by atoms with Crippen molar-refractivity contribution in [3.63, 3.8) is 0 Å². The van der Waals surface area contributed by atoms with E-state index >= 15 is 0 Å². The summed E-state index contributed by atoms with van der Waals surface area (Å²) in [6.07, 6.45) is 0. The summed E-state index contributed by atoms with van der Waals surface area (Å²) in [6, 6.07) is 18.0. The zero-order valence-corrected chi connectivity index (χ0v) is 16.7. The summed E-state index contributed by atoms with van der Waals surface area (Å²) >= 11 is 1.51. The summed E-state index contributed by atoms with van der Waals surface area (Å²) in [5.74, 6) is 0.419. The standard InChI is InChI=1S/C20H20N2O3S2/c1-14-12-19(20(23)13-26-17-6-4-3-5-7-17)15(2)22(14)16-8-10-18(11-9-16)27(21,24)25/h3-12H,13H2,1-2H3,(H2,21,24,25). The van der Waals surface area contributed by atoms with Crippen molar-refractivity contribution in [2.75, 3.05) is 5.75 Å². The number of aryl methyl sites for hydroxylation is 1. The van der Waals surface area contributed by atoms with E-state index in [0.29, 0.717) is 11.3 Å². The van der Waals surface area contributed by atoms with E-state index in [0.717, 1.165) is 22.0 Å². The number of benzene rings is 2. The molecule has 140 valence electrons. The molecule has 0 fully saturated rings. The van der Waals surface area contributed by atoms with Crippen molar-refractivity contribution in [1.82, 2.24) is 4.57 Å². The molecule has 3 rings (SSSR count). The average molecular weight is 401 g/mol. The van der Waals surface area contributed by atoms with Crippen molar-refractivity contribution >= 4 is 27.6 Å². The summed E-state index contributed by atoms with van der Waals surface area (Å²) in [5.41, 5.74) is 3.19. The number of primary sulfonamides is 1. The molecule has 0 unspecified atom stereocenters. The van der Waals surface area contributed by atoms with Crippen molar-refractivity contribution < 1.29 is 13.2 Å². The highest BCUT2D eigenvalue weighted by Crippen LogP contribution is 2.25. The Morgan fingerprint density at radius 2 is 1.67 bits per heavy atom. The van der Waals surface area contributed by atoms with Gasteiger partial charge < -0.3 is 4.57 Å². The van der Waals surface area contributed by atoms with Crippen LogP contribution in [0.15, 0.2) is 70.5 Å². The molecule has 2 N–H and O–H groups in total. The maximum absolute atomic E-state index is 12.7. The number of carbonyl (C=O) groups excluding carboxylic acids is 1. The van der Waals surface area contributed by atoms with E-state index in [-0.39, 0.29) is 10.7 Å². The topological polar surface area (TPSA) is 82.2 Å². The molecule has 0 atom stereocenters. The van der Waals surface area contributed by atoms with E-state index in [9.17, 15) is 13.2 Å². The van der Waals surface area contributed by atoms with E-state index in [4.69, 9.17) is 5.14 Å². The van der Waals surface area contributed by atoms with E-state index in [1.807, 2.05) is 54.8 Å². The number of thioether (sulfide) groups is 1. The number of hydrogen-bond acceptors (Lipinski definition) is 4. The third kappa shape index (κ3) is 4.32. The number of carbonyl (C=O) groups is 1. The Morgan fingerprint density at radius 1 is 1.04 bits per heavy atom. The Labute approximate surface area is 163 Å². The molecule has 0 spiro atoms. The summed E-state index contributed by atoms with van der Waals surface area (Å²) < 4.78 is 24.8. The Balaban J connectivity index is 1.85. The first kappa shape index (κ1) is 19.4. The molecule has 27 heavy (non-hydrogen) atoms. The van der Waals surface area contributed by atoms with Crippen LogP contribution in [0.1, 0.15) is 21.7 Å². The van der Waals surface area contributed by atoms with Crippen LogP contribution in [0, 0.1) is 13.8 Å². The minimum Gasteiger partial charge on any atom is -0.318 e. The van der Waals surface area contributed by atoms with Gasteiger partial charge in [0.1, 0.15) is 0 Å². The Morgan fingerprint density at radius 3 is 2.26 bits per heavy atom. The van der Waals surface area contributed by atoms with Gasteiger partial charge in [-0.1, -0.05) is 18.2 Å². The minimum atomic E-state index is -3.73. The van der Waals surface area contributed by atoms with Gasteiger partial charge in [0.05, 0.1) is 10.6 Å². The zero-order valence-electron chi connectivity index (χ0n) is 15.0. The van der Waals surface area contributed by atoms with Crippen LogP contribution in [0.25, 0.3) is 5.69 Å². The number of aromatic nitrogens is 1. The fourth-order valence-electron chi connectivity index (χ4n) is 2.97. The van der Waals surface area contributed by atoms with E-state index in [2.05, 4.69) is 0 Å². The molecular weight excluding hydrogens is 380 g/mol. The smallest absolute Gasteiger partial charge is 0.238 e. The predicted octanol–water partition coefficient (Wildman–Crippen LogP) is 3.72. The molecule has 0 aliphatic rings. The van der Waals surface area contributed by atoms with Crippen LogP contribution in [-0.4, -0.2) is 24.5 Å². The number of nitrogens with two attached hydrogens (primary N) is 1. The fourth-order valence-corrected chi connectivity index (χ4v) is 4.29. The Kier molecular flexibility index (Phi) is 5.55. The summed E-state index contributed by atoms with van der Waals surface area (Å²) in [4.78, 5) is 13.8. The highest BCUT2D eigenvalue weighted by molar-refractivity contribution is 8.00. The first-order valence-corrected chi connectivity index (χ1v) is 10.8. The minimum absolute atomic E-state index is 0.0595. The lowest BCUT2D eigenvalue weighted by Gasteiger charge is -2.10. The fraction of sp³-hybridized carbons (Fsp3) is 0.150. The first-order chi connectivity index (χ1) is 12.8. The largest absolute Gasteiger partial charge is 0.318 e. The lowest BCUT2D eigenvalue weighted by Crippen LogP contribution is -2.12. The molecule has 2 aromatic carbocycles. The molecule has 0 bridgehead atoms. The second kappa shape index (κ2) is 7.72. The lowest BCUT2D eigenvalue weighted by molar-refractivity contribution is 0.102. The third-order valence-corrected chi connectivity index (χ3v) is 6.21. The van der Waals surface area contributed by atoms with Crippen molar-refractivity contribution in [1.29, 1.82) is 0 Å². The van der Waals surface area contributed by atoms with Gasteiger partial charge in [-0.15, -0.1) is 11.8 Å². The van der Waals surface area contributed by atoms with Crippen LogP contribution in [0.5, 0.6) is 0 Å². The lowest BCUT2D eigenvalue weighted by atomic mass is 10.2. The van der Waals surface area contributed by atoms with Gasteiger partial charge in [0.2, 0.25) is 10.0 Å². The van der Waals surface area contributed by atoms with Crippen LogP contribution in [-0.2, 0) is 10.0 Å². The van der Waals surface area contributed by atoms with Gasteiger partial charge >= 0.3 is 0 Å². The normalized spacial score (nSPS) is 11.5. The number of nitrogens with zero attached hydrogens (tertiary/aromatic N) is 1. The molecule has 0 aliphatic heterocycles. The van der Waals surface area contributed by atoms with Gasteiger partial charge in [-0.25, -0.2) is 13.6 Å². The average Bonchev–Trinajstić information content (AvgIpc) is 2.94. The van der Waals surface area contributed by atoms with Gasteiger partial charge in [-0.2, -0.15) is 0 Å². The first-order valence-electron chi connectivity index (χ1n) is 8.30. The highest BCUT2D eigenvalue weighted by atomic mass is 32.2. The zero-order chi connectivity index (χ0) is 19.6. The van der Waals surface area contributed by atoms with Gasteiger partial charge in [0.15, 0.2) is 5.78 Å². The number of Topliss-reactive ketones (excluding diaryl/α,β-unsaturated/α-hetero) is 1. The second-order valence-corrected chi connectivity index (χ2v) is 8.79. The third-order valence-electron chi connectivity index (χ3n) is 4.27. The maximum atomic E-state index is 12.7. The van der Waals surface area contributed by atoms with E-state index in [1.54, 1.807) is 12.1 Å². The molecule has 0 saturated carbocycles. The summed E-state index contributed by atoms with van der Waals surface area (Å²) in [6.45, 7) is 3.81. The van der Waals surface area contributed by atoms with Crippen LogP contribution in [0.2, 0.25) is 0 Å². The molecule has 1 aromatic heterocycles. The molecule has 0 amide bonds. The number of ketones is 1. The van der Waals surface area contributed by atoms with Crippen LogP contribution in [0.4, 0.5) is 0 Å². The van der Waals surface area contributed by atoms with Crippen molar-refractivity contribution in [3.05, 3.63) is 77.6 Å². The number of sulfonamides is 1. The second-order valence-electron chi connectivity index (χ2n) is 6.18. The van der Waals surface area contributed by atoms with Crippen LogP contribution in [0.3, 0.4) is 0 Å². The summed E-state index contributed by atoms with van der Waals surface area (Å²) in [7, 11) is -3.73. The summed E-state index contributed by atoms with van der Waals surface area (Å²) in [5, 5.41) is 5.15. The van der Waals surface area contributed by atoms with Gasteiger partial charge in [-0.05, 0) is 56.3 Å². The highest BCUT2D eigenvalue weighted by Gasteiger charge is 2.17. The molecule has 0 saturated heterocycles. The van der Waals surface area contributed by atoms with Crippen LogP contribution < -0.4 is 5.14 Å². The monoisotopic (exact) mass is 400 g/mol. The van der Waals surface area contributed by atoms with Crippen molar-refractivity contribution in [2.45, 2.75) is 23.6 Å². The quantitative estimate of drug-likeness (QED) is 0.505. The molecular formula is C20H20N2O3S2. The van der Waals surface area contributed by atoms with Gasteiger partial charge in [0, 0.05) is 27.5 Å². The van der Waals surface area contributed by atoms with Gasteiger partial charge in [-0.3, -0.25) is 4.79 Å². The van der Waals surface area contributed by atoms with E-state index < -0.39 is 10.0 Å². The molecule has 1 heterocycles. The molecule has 5 nitrogen and oxygen atoms in total. The predicted molar refractivity (Wildman–Crippen MR) is 108 cm³/mol. The molecule has 3 aromatic rings.